The quantitative estimate of drug-likeness (QED) is 0.134. The zero-order valence-corrected chi connectivity index (χ0v) is 29.5. The van der Waals surface area contributed by atoms with Crippen molar-refractivity contribution in [3.8, 4) is 45.2 Å². The second-order valence-electron chi connectivity index (χ2n) is 13.7. The zero-order chi connectivity index (χ0) is 31.1. The summed E-state index contributed by atoms with van der Waals surface area (Å²) in [6.45, 7) is 12.9. The van der Waals surface area contributed by atoms with Crippen LogP contribution in [-0.2, 0) is 31.9 Å². The van der Waals surface area contributed by atoms with Gasteiger partial charge in [0.25, 0.3) is 0 Å². The van der Waals surface area contributed by atoms with Crippen LogP contribution < -0.4 is 30.6 Å². The standard InChI is InChI=1S/C38H31BN2O3S.Pt/c1-37(2,3)23-15-16-40-34(20-23)42-25-12-14-30-27(21-25)39-26-17-22(36-41-28-9-7-8-10-33(28)45-36)11-13-29(26)43-31-18-24(38(4,5)6)19-32(44-30)35(31)39;/h7-16,18-20H,1-6H3;/q-2;+2. The Morgan fingerprint density at radius 2 is 1.41 bits per heavy atom. The van der Waals surface area contributed by atoms with Crippen LogP contribution in [0.3, 0.4) is 0 Å². The summed E-state index contributed by atoms with van der Waals surface area (Å²) in [7, 11) is 0. The molecule has 0 spiro atoms. The van der Waals surface area contributed by atoms with Crippen molar-refractivity contribution in [2.24, 2.45) is 0 Å². The maximum atomic E-state index is 6.61. The molecule has 46 heavy (non-hydrogen) atoms. The molecule has 0 unspecified atom stereocenters. The average molecular weight is 802 g/mol. The second-order valence-corrected chi connectivity index (χ2v) is 14.8. The van der Waals surface area contributed by atoms with E-state index in [0.29, 0.717) is 11.6 Å². The summed E-state index contributed by atoms with van der Waals surface area (Å²) in [5.41, 5.74) is 6.87. The third-order valence-corrected chi connectivity index (χ3v) is 9.53. The number of nitrogens with zero attached hydrogens (tertiary/aromatic N) is 2. The molecule has 8 heteroatoms. The van der Waals surface area contributed by atoms with Gasteiger partial charge < -0.3 is 14.2 Å². The number of benzene rings is 4. The molecule has 4 heterocycles. The van der Waals surface area contributed by atoms with Crippen molar-refractivity contribution in [3.05, 3.63) is 102 Å². The number of hydrogen-bond acceptors (Lipinski definition) is 6. The number of hydrogen-bond donors (Lipinski definition) is 0. The molecule has 4 aromatic carbocycles. The van der Waals surface area contributed by atoms with Crippen molar-refractivity contribution >= 4 is 44.7 Å². The van der Waals surface area contributed by atoms with Gasteiger partial charge in [0, 0.05) is 44.7 Å². The Labute approximate surface area is 288 Å². The van der Waals surface area contributed by atoms with E-state index in [9.17, 15) is 0 Å². The Morgan fingerprint density at radius 1 is 0.739 bits per heavy atom. The number of fused-ring (bicyclic) bond motifs is 5. The topological polar surface area (TPSA) is 53.5 Å². The summed E-state index contributed by atoms with van der Waals surface area (Å²) in [5, 5.41) is 0.922. The van der Waals surface area contributed by atoms with E-state index in [4.69, 9.17) is 19.2 Å². The number of para-hydroxylation sites is 1. The fourth-order valence-corrected chi connectivity index (χ4v) is 6.90. The SMILES string of the molecule is CC(C)(C)c1ccnc(Oc2[c-]c3c(cc2)Oc2cc(C(C)(C)C)cc4c2B3c2[c-]c(-c3nc5ccccc5s3)ccc2O4)c1.[Pt+2]. The number of rotatable bonds is 3. The maximum Gasteiger partial charge on any atom is 2.00 e. The van der Waals surface area contributed by atoms with Gasteiger partial charge in [-0.2, -0.15) is 11.3 Å². The van der Waals surface area contributed by atoms with Crippen LogP contribution in [0.1, 0.15) is 52.7 Å². The van der Waals surface area contributed by atoms with Crippen LogP contribution in [0.2, 0.25) is 0 Å². The number of ether oxygens (including phenoxy) is 3. The monoisotopic (exact) mass is 801 g/mol. The van der Waals surface area contributed by atoms with E-state index in [1.165, 1.54) is 0 Å². The van der Waals surface area contributed by atoms with E-state index in [2.05, 4.69) is 76.9 Å². The minimum absolute atomic E-state index is 0. The van der Waals surface area contributed by atoms with Gasteiger partial charge >= 0.3 is 21.1 Å². The molecular weight excluding hydrogens is 770 g/mol. The molecule has 5 nitrogen and oxygen atoms in total. The van der Waals surface area contributed by atoms with Crippen molar-refractivity contribution in [2.75, 3.05) is 0 Å². The first-order valence-electron chi connectivity index (χ1n) is 15.2. The van der Waals surface area contributed by atoms with Gasteiger partial charge in [-0.3, -0.25) is 4.98 Å². The molecule has 0 atom stereocenters. The summed E-state index contributed by atoms with van der Waals surface area (Å²) in [6.07, 6.45) is 1.79. The van der Waals surface area contributed by atoms with Crippen molar-refractivity contribution in [1.82, 2.24) is 9.97 Å². The molecular formula is C38H31BN2O3PtS. The molecule has 0 fully saturated rings. The second kappa shape index (κ2) is 11.1. The Kier molecular flexibility index (Phi) is 7.41. The number of thiazole rings is 1. The van der Waals surface area contributed by atoms with Gasteiger partial charge in [0.05, 0.1) is 5.52 Å². The van der Waals surface area contributed by atoms with Crippen molar-refractivity contribution in [1.29, 1.82) is 0 Å². The van der Waals surface area contributed by atoms with Gasteiger partial charge in [-0.1, -0.05) is 53.7 Å². The predicted octanol–water partition coefficient (Wildman–Crippen LogP) is 8.07. The average Bonchev–Trinajstić information content (AvgIpc) is 3.44. The Balaban J connectivity index is 0.00000338. The first kappa shape index (κ1) is 30.7. The van der Waals surface area contributed by atoms with E-state index in [1.54, 1.807) is 17.5 Å². The molecule has 0 N–H and O–H groups in total. The van der Waals surface area contributed by atoms with E-state index in [-0.39, 0.29) is 38.6 Å². The summed E-state index contributed by atoms with van der Waals surface area (Å²) >= 11 is 1.67. The van der Waals surface area contributed by atoms with E-state index >= 15 is 0 Å². The molecule has 2 aliphatic heterocycles. The molecule has 2 aromatic heterocycles. The van der Waals surface area contributed by atoms with Crippen molar-refractivity contribution in [2.45, 2.75) is 52.4 Å². The summed E-state index contributed by atoms with van der Waals surface area (Å²) in [6, 6.07) is 31.8. The molecule has 0 radical (unpaired) electrons. The Hall–Kier alpha value is -3.93. The Bertz CT molecular complexity index is 2100. The molecule has 6 aromatic rings. The van der Waals surface area contributed by atoms with Gasteiger partial charge in [-0.15, -0.1) is 52.9 Å². The third kappa shape index (κ3) is 5.34. The summed E-state index contributed by atoms with van der Waals surface area (Å²) in [4.78, 5) is 9.40. The van der Waals surface area contributed by atoms with Gasteiger partial charge in [-0.05, 0) is 52.3 Å². The molecule has 2 aliphatic rings. The van der Waals surface area contributed by atoms with Gasteiger partial charge in [0.15, 0.2) is 0 Å². The van der Waals surface area contributed by atoms with Crippen LogP contribution in [0.4, 0.5) is 0 Å². The van der Waals surface area contributed by atoms with Crippen LogP contribution in [-0.4, -0.2) is 16.7 Å². The maximum absolute atomic E-state index is 6.61. The van der Waals surface area contributed by atoms with Crippen LogP contribution in [0.15, 0.2) is 79.0 Å². The molecule has 0 aliphatic carbocycles. The molecule has 8 rings (SSSR count). The first-order chi connectivity index (χ1) is 21.5. The number of aromatic nitrogens is 2. The van der Waals surface area contributed by atoms with Gasteiger partial charge in [0.2, 0.25) is 12.6 Å². The Morgan fingerprint density at radius 3 is 2.11 bits per heavy atom. The molecule has 0 saturated carbocycles. The van der Waals surface area contributed by atoms with Gasteiger partial charge in [-0.25, -0.2) is 4.98 Å². The zero-order valence-electron chi connectivity index (χ0n) is 26.4. The predicted molar refractivity (Wildman–Crippen MR) is 182 cm³/mol. The minimum atomic E-state index is -0.219. The largest absolute Gasteiger partial charge is 2.00 e. The molecule has 230 valence electrons. The fourth-order valence-electron chi connectivity index (χ4n) is 5.95. The van der Waals surface area contributed by atoms with E-state index in [1.807, 2.05) is 54.6 Å². The van der Waals surface area contributed by atoms with E-state index < -0.39 is 0 Å². The number of pyridine rings is 1. The summed E-state index contributed by atoms with van der Waals surface area (Å²) in [5.74, 6) is 4.19. The van der Waals surface area contributed by atoms with Gasteiger partial charge in [0.1, 0.15) is 11.5 Å². The molecule has 0 saturated heterocycles. The smallest absolute Gasteiger partial charge is 0.518 e. The summed E-state index contributed by atoms with van der Waals surface area (Å²) < 4.78 is 20.7. The third-order valence-electron chi connectivity index (χ3n) is 8.46. The minimum Gasteiger partial charge on any atom is -0.518 e. The first-order valence-corrected chi connectivity index (χ1v) is 16.0. The van der Waals surface area contributed by atoms with Crippen LogP contribution in [0, 0.1) is 12.1 Å². The van der Waals surface area contributed by atoms with E-state index in [0.717, 1.165) is 71.3 Å². The van der Waals surface area contributed by atoms with Crippen LogP contribution in [0.5, 0.6) is 34.6 Å². The molecule has 0 bridgehead atoms. The normalized spacial score (nSPS) is 13.1. The van der Waals surface area contributed by atoms with Crippen LogP contribution >= 0.6 is 11.3 Å². The molecule has 0 amide bonds. The van der Waals surface area contributed by atoms with Crippen LogP contribution in [0.25, 0.3) is 20.8 Å². The van der Waals surface area contributed by atoms with Crippen molar-refractivity contribution < 1.29 is 35.3 Å². The fraction of sp³-hybridized carbons (Fsp3) is 0.211. The van der Waals surface area contributed by atoms with Crippen molar-refractivity contribution in [3.63, 3.8) is 0 Å².